The molecule has 0 aliphatic carbocycles. The number of hydrogen-bond donors (Lipinski definition) is 1. The van der Waals surface area contributed by atoms with Crippen LogP contribution in [0.15, 0.2) is 52.9 Å². The van der Waals surface area contributed by atoms with Crippen LogP contribution in [0.25, 0.3) is 0 Å². The van der Waals surface area contributed by atoms with Crippen LogP contribution >= 0.6 is 0 Å². The van der Waals surface area contributed by atoms with Gasteiger partial charge in [-0.1, -0.05) is 23.3 Å². The van der Waals surface area contributed by atoms with Gasteiger partial charge in [0.1, 0.15) is 11.5 Å². The van der Waals surface area contributed by atoms with Crippen molar-refractivity contribution in [1.29, 1.82) is 0 Å². The van der Waals surface area contributed by atoms with E-state index >= 15 is 0 Å². The zero-order valence-electron chi connectivity index (χ0n) is 16.5. The fourth-order valence-electron chi connectivity index (χ4n) is 3.29. The Bertz CT molecular complexity index is 1040. The molecule has 1 atom stereocenters. The van der Waals surface area contributed by atoms with E-state index in [4.69, 9.17) is 13.9 Å². The van der Waals surface area contributed by atoms with Gasteiger partial charge in [0, 0.05) is 30.3 Å². The van der Waals surface area contributed by atoms with E-state index in [1.54, 1.807) is 23.1 Å². The Morgan fingerprint density at radius 3 is 2.47 bits per heavy atom. The normalized spacial score (nSPS) is 15.9. The van der Waals surface area contributed by atoms with Gasteiger partial charge in [-0.15, -0.1) is 5.10 Å². The summed E-state index contributed by atoms with van der Waals surface area (Å²) in [7, 11) is 3.00. The number of carbonyl (C=O) groups excluding carboxylic acids is 2. The first-order valence-corrected chi connectivity index (χ1v) is 9.30. The summed E-state index contributed by atoms with van der Waals surface area (Å²) in [6.45, 7) is 0.436. The first-order chi connectivity index (χ1) is 14.6. The van der Waals surface area contributed by atoms with Crippen molar-refractivity contribution in [1.82, 2.24) is 10.2 Å². The Kier molecular flexibility index (Phi) is 5.34. The van der Waals surface area contributed by atoms with Gasteiger partial charge >= 0.3 is 6.01 Å². The van der Waals surface area contributed by atoms with Gasteiger partial charge in [-0.05, 0) is 24.3 Å². The average molecular weight is 408 g/mol. The van der Waals surface area contributed by atoms with Crippen molar-refractivity contribution in [2.24, 2.45) is 0 Å². The summed E-state index contributed by atoms with van der Waals surface area (Å²) in [6.07, 6.45) is 0.261. The van der Waals surface area contributed by atoms with Gasteiger partial charge in [0.2, 0.25) is 11.8 Å². The Balaban J connectivity index is 1.46. The standard InChI is InChI=1S/C21H20N4O5/c1-28-16-8-13(9-17(11-16)29-2)19(27)22-21-24-23-20(30-21)14-10-18(26)25(12-14)15-6-4-3-5-7-15/h3-9,11,14H,10,12H2,1-2H3,(H,22,24,27). The van der Waals surface area contributed by atoms with Gasteiger partial charge in [0.25, 0.3) is 5.91 Å². The molecular weight excluding hydrogens is 388 g/mol. The minimum absolute atomic E-state index is 0.0153. The number of nitrogens with zero attached hydrogens (tertiary/aromatic N) is 3. The van der Waals surface area contributed by atoms with Gasteiger partial charge in [-0.25, -0.2) is 0 Å². The van der Waals surface area contributed by atoms with E-state index in [0.29, 0.717) is 29.5 Å². The molecule has 0 bridgehead atoms. The average Bonchev–Trinajstić information content (AvgIpc) is 3.40. The van der Waals surface area contributed by atoms with Crippen molar-refractivity contribution in [3.05, 3.63) is 60.0 Å². The van der Waals surface area contributed by atoms with E-state index in [1.165, 1.54) is 14.2 Å². The van der Waals surface area contributed by atoms with Crippen molar-refractivity contribution < 1.29 is 23.5 Å². The van der Waals surface area contributed by atoms with Gasteiger partial charge in [-0.3, -0.25) is 14.9 Å². The summed E-state index contributed by atoms with van der Waals surface area (Å²) < 4.78 is 16.0. The first-order valence-electron chi connectivity index (χ1n) is 9.30. The Labute approximate surface area is 172 Å². The number of nitrogens with one attached hydrogen (secondary N) is 1. The van der Waals surface area contributed by atoms with Crippen LogP contribution in [-0.2, 0) is 4.79 Å². The predicted molar refractivity (Wildman–Crippen MR) is 108 cm³/mol. The number of hydrogen-bond acceptors (Lipinski definition) is 7. The molecule has 9 nitrogen and oxygen atoms in total. The van der Waals surface area contributed by atoms with E-state index in [1.807, 2.05) is 30.3 Å². The Hall–Kier alpha value is -3.88. The lowest BCUT2D eigenvalue weighted by Gasteiger charge is -2.15. The van der Waals surface area contributed by atoms with Crippen molar-refractivity contribution >= 4 is 23.5 Å². The fourth-order valence-corrected chi connectivity index (χ4v) is 3.29. The van der Waals surface area contributed by atoms with Crippen LogP contribution < -0.4 is 19.7 Å². The quantitative estimate of drug-likeness (QED) is 0.668. The highest BCUT2D eigenvalue weighted by Crippen LogP contribution is 2.31. The summed E-state index contributed by atoms with van der Waals surface area (Å²) in [6, 6.07) is 14.2. The van der Waals surface area contributed by atoms with E-state index in [9.17, 15) is 9.59 Å². The smallest absolute Gasteiger partial charge is 0.322 e. The maximum absolute atomic E-state index is 12.6. The van der Waals surface area contributed by atoms with Crippen LogP contribution in [0.1, 0.15) is 28.6 Å². The molecule has 1 aliphatic rings. The highest BCUT2D eigenvalue weighted by molar-refractivity contribution is 6.03. The van der Waals surface area contributed by atoms with E-state index in [-0.39, 0.29) is 24.3 Å². The summed E-state index contributed by atoms with van der Waals surface area (Å²) in [5.74, 6) is 0.565. The highest BCUT2D eigenvalue weighted by atomic mass is 16.5. The minimum Gasteiger partial charge on any atom is -0.497 e. The maximum Gasteiger partial charge on any atom is 0.322 e. The Morgan fingerprint density at radius 2 is 1.80 bits per heavy atom. The molecule has 1 saturated heterocycles. The van der Waals surface area contributed by atoms with Crippen molar-refractivity contribution in [2.75, 3.05) is 31.0 Å². The number of para-hydroxylation sites is 1. The number of anilines is 2. The van der Waals surface area contributed by atoms with Crippen LogP contribution in [-0.4, -0.2) is 42.8 Å². The topological polar surface area (TPSA) is 107 Å². The van der Waals surface area contributed by atoms with Crippen LogP contribution in [0.4, 0.5) is 11.7 Å². The van der Waals surface area contributed by atoms with E-state index in [0.717, 1.165) is 5.69 Å². The third kappa shape index (κ3) is 3.95. The van der Waals surface area contributed by atoms with Gasteiger partial charge in [0.15, 0.2) is 0 Å². The second-order valence-corrected chi connectivity index (χ2v) is 6.74. The fraction of sp³-hybridized carbons (Fsp3) is 0.238. The van der Waals surface area contributed by atoms with Crippen LogP contribution in [0.2, 0.25) is 0 Å². The number of carbonyl (C=O) groups is 2. The molecule has 2 heterocycles. The zero-order valence-corrected chi connectivity index (χ0v) is 16.5. The number of amides is 2. The SMILES string of the molecule is COc1cc(OC)cc(C(=O)Nc2nnc(C3CC(=O)N(c4ccccc4)C3)o2)c1. The first kappa shape index (κ1) is 19.4. The van der Waals surface area contributed by atoms with Crippen LogP contribution in [0.5, 0.6) is 11.5 Å². The molecular formula is C21H20N4O5. The molecule has 9 heteroatoms. The number of benzene rings is 2. The number of methoxy groups -OCH3 is 2. The highest BCUT2D eigenvalue weighted by Gasteiger charge is 2.35. The molecule has 2 aromatic carbocycles. The monoisotopic (exact) mass is 408 g/mol. The molecule has 4 rings (SSSR count). The summed E-state index contributed by atoms with van der Waals surface area (Å²) >= 11 is 0. The molecule has 1 unspecified atom stereocenters. The number of aromatic nitrogens is 2. The molecule has 1 aromatic heterocycles. The van der Waals surface area contributed by atoms with Gasteiger partial charge < -0.3 is 18.8 Å². The molecule has 154 valence electrons. The third-order valence-corrected chi connectivity index (χ3v) is 4.82. The molecule has 1 fully saturated rings. The largest absolute Gasteiger partial charge is 0.497 e. The maximum atomic E-state index is 12.6. The molecule has 30 heavy (non-hydrogen) atoms. The molecule has 0 spiro atoms. The second kappa shape index (κ2) is 8.24. The number of rotatable bonds is 6. The van der Waals surface area contributed by atoms with Gasteiger partial charge in [-0.2, -0.15) is 0 Å². The zero-order chi connectivity index (χ0) is 21.1. The number of ether oxygens (including phenoxy) is 2. The van der Waals surface area contributed by atoms with E-state index in [2.05, 4.69) is 15.5 Å². The molecule has 3 aromatic rings. The Morgan fingerprint density at radius 1 is 1.10 bits per heavy atom. The van der Waals surface area contributed by atoms with Crippen molar-refractivity contribution in [3.63, 3.8) is 0 Å². The lowest BCUT2D eigenvalue weighted by molar-refractivity contribution is -0.117. The predicted octanol–water partition coefficient (Wildman–Crippen LogP) is 2.86. The van der Waals surface area contributed by atoms with E-state index < -0.39 is 5.91 Å². The van der Waals surface area contributed by atoms with Crippen LogP contribution in [0, 0.1) is 0 Å². The molecule has 0 radical (unpaired) electrons. The lowest BCUT2D eigenvalue weighted by Crippen LogP contribution is -2.24. The summed E-state index contributed by atoms with van der Waals surface area (Å²) in [4.78, 5) is 26.6. The summed E-state index contributed by atoms with van der Waals surface area (Å²) in [5.41, 5.74) is 1.14. The summed E-state index contributed by atoms with van der Waals surface area (Å²) in [5, 5.41) is 10.5. The molecule has 2 amide bonds. The van der Waals surface area contributed by atoms with Crippen molar-refractivity contribution in [2.45, 2.75) is 12.3 Å². The van der Waals surface area contributed by atoms with Crippen LogP contribution in [0.3, 0.4) is 0 Å². The van der Waals surface area contributed by atoms with Crippen molar-refractivity contribution in [3.8, 4) is 11.5 Å². The molecule has 1 N–H and O–H groups in total. The van der Waals surface area contributed by atoms with Gasteiger partial charge in [0.05, 0.1) is 20.1 Å². The molecule has 1 aliphatic heterocycles. The second-order valence-electron chi connectivity index (χ2n) is 6.74. The third-order valence-electron chi connectivity index (χ3n) is 4.82. The minimum atomic E-state index is -0.448. The molecule has 0 saturated carbocycles. The lowest BCUT2D eigenvalue weighted by atomic mass is 10.1.